The van der Waals surface area contributed by atoms with Gasteiger partial charge in [-0.1, -0.05) is 39.8 Å². The molecular formula is C44H56N6O8. The SMILES string of the molecule is CCn1c(-c2cnccc2COC)c2c3cc(ccc31)-c1cc(O)cc(c1)C[C@H](NC(=O)[C@H](C(C)C)N(C)C(=O)CO)C(=O)N1CCC[C@H](N1)C(=O)OCC(C)(C)C2. The Bertz CT molecular complexity index is 2180. The molecule has 1 fully saturated rings. The first-order chi connectivity index (χ1) is 27.7. The van der Waals surface area contributed by atoms with E-state index in [1.807, 2.05) is 24.4 Å². The number of fused-ring (bicyclic) bond motifs is 6. The summed E-state index contributed by atoms with van der Waals surface area (Å²) >= 11 is 0. The first-order valence-corrected chi connectivity index (χ1v) is 20.0. The number of rotatable bonds is 9. The Morgan fingerprint density at radius 2 is 1.91 bits per heavy atom. The van der Waals surface area contributed by atoms with Gasteiger partial charge in [0.15, 0.2) is 0 Å². The average molecular weight is 797 g/mol. The average Bonchev–Trinajstić information content (AvgIpc) is 3.50. The molecule has 0 radical (unpaired) electrons. The van der Waals surface area contributed by atoms with E-state index in [1.165, 1.54) is 17.0 Å². The number of amides is 3. The van der Waals surface area contributed by atoms with E-state index in [9.17, 15) is 29.4 Å². The highest BCUT2D eigenvalue weighted by Crippen LogP contribution is 2.41. The number of pyridine rings is 1. The normalized spacial score (nSPS) is 19.1. The summed E-state index contributed by atoms with van der Waals surface area (Å²) < 4.78 is 13.9. The molecule has 4 N–H and O–H groups in total. The number of hydrazine groups is 1. The molecule has 3 amide bonds. The van der Waals surface area contributed by atoms with E-state index in [-0.39, 0.29) is 31.2 Å². The van der Waals surface area contributed by atoms with Gasteiger partial charge in [0, 0.05) is 67.9 Å². The molecule has 4 heterocycles. The number of likely N-dealkylation sites (N-methyl/N-ethyl adjacent to an activating group) is 1. The summed E-state index contributed by atoms with van der Waals surface area (Å²) in [5.74, 6) is -2.56. The molecule has 0 spiro atoms. The van der Waals surface area contributed by atoms with E-state index in [1.54, 1.807) is 39.3 Å². The van der Waals surface area contributed by atoms with Crippen LogP contribution in [0.2, 0.25) is 0 Å². The molecule has 2 aliphatic rings. The van der Waals surface area contributed by atoms with Crippen LogP contribution in [0.15, 0.2) is 54.9 Å². The number of hydrogen-bond acceptors (Lipinski definition) is 10. The van der Waals surface area contributed by atoms with Gasteiger partial charge in [-0.15, -0.1) is 0 Å². The molecule has 2 aliphatic heterocycles. The van der Waals surface area contributed by atoms with Crippen LogP contribution in [0, 0.1) is 11.3 Å². The number of phenols is 1. The maximum absolute atomic E-state index is 14.4. The van der Waals surface area contributed by atoms with Crippen LogP contribution in [0.3, 0.4) is 0 Å². The van der Waals surface area contributed by atoms with Crippen LogP contribution in [0.1, 0.15) is 64.2 Å². The van der Waals surface area contributed by atoms with Gasteiger partial charge >= 0.3 is 5.97 Å². The lowest BCUT2D eigenvalue weighted by atomic mass is 9.84. The number of aliphatic hydroxyl groups is 1. The molecule has 6 rings (SSSR count). The summed E-state index contributed by atoms with van der Waals surface area (Å²) in [5.41, 5.74) is 9.69. The molecule has 1 saturated heterocycles. The summed E-state index contributed by atoms with van der Waals surface area (Å²) in [6, 6.07) is 10.4. The van der Waals surface area contributed by atoms with Gasteiger partial charge in [-0.3, -0.25) is 29.2 Å². The molecule has 0 aliphatic carbocycles. The van der Waals surface area contributed by atoms with Crippen LogP contribution in [-0.4, -0.2) is 105 Å². The van der Waals surface area contributed by atoms with E-state index >= 15 is 0 Å². The molecule has 58 heavy (non-hydrogen) atoms. The number of carbonyl (C=O) groups is 4. The van der Waals surface area contributed by atoms with E-state index in [0.29, 0.717) is 43.5 Å². The number of hydrogen-bond donors (Lipinski definition) is 4. The number of aliphatic hydroxyl groups excluding tert-OH is 1. The van der Waals surface area contributed by atoms with Crippen molar-refractivity contribution in [2.24, 2.45) is 11.3 Å². The lowest BCUT2D eigenvalue weighted by molar-refractivity contribution is -0.155. The first-order valence-electron chi connectivity index (χ1n) is 20.0. The predicted molar refractivity (Wildman–Crippen MR) is 219 cm³/mol. The smallest absolute Gasteiger partial charge is 0.324 e. The Kier molecular flexibility index (Phi) is 12.9. The van der Waals surface area contributed by atoms with Gasteiger partial charge in [0.1, 0.15) is 30.5 Å². The molecular weight excluding hydrogens is 741 g/mol. The molecule has 310 valence electrons. The van der Waals surface area contributed by atoms with Crippen molar-refractivity contribution in [1.29, 1.82) is 0 Å². The van der Waals surface area contributed by atoms with Crippen LogP contribution in [0.4, 0.5) is 0 Å². The Labute approximate surface area is 339 Å². The summed E-state index contributed by atoms with van der Waals surface area (Å²) in [6.45, 7) is 10.5. The van der Waals surface area contributed by atoms with Crippen molar-refractivity contribution in [1.82, 2.24) is 30.2 Å². The van der Waals surface area contributed by atoms with Crippen molar-refractivity contribution >= 4 is 34.6 Å². The van der Waals surface area contributed by atoms with Crippen LogP contribution < -0.4 is 10.7 Å². The second-order valence-corrected chi connectivity index (χ2v) is 16.5. The van der Waals surface area contributed by atoms with Gasteiger partial charge in [-0.25, -0.2) is 5.43 Å². The number of nitrogens with one attached hydrogen (secondary N) is 2. The summed E-state index contributed by atoms with van der Waals surface area (Å²) in [6.07, 6.45) is 5.12. The summed E-state index contributed by atoms with van der Waals surface area (Å²) in [5, 5.41) is 26.0. The van der Waals surface area contributed by atoms with Gasteiger partial charge in [-0.05, 0) is 90.3 Å². The lowest BCUT2D eigenvalue weighted by Crippen LogP contribution is -2.62. The Hall–Kier alpha value is -5.31. The van der Waals surface area contributed by atoms with Gasteiger partial charge in [-0.2, -0.15) is 0 Å². The highest BCUT2D eigenvalue weighted by Gasteiger charge is 2.37. The highest BCUT2D eigenvalue weighted by atomic mass is 16.5. The Balaban J connectivity index is 1.51. The second-order valence-electron chi connectivity index (χ2n) is 16.5. The minimum absolute atomic E-state index is 0.0108. The fourth-order valence-corrected chi connectivity index (χ4v) is 8.38. The van der Waals surface area contributed by atoms with Crippen LogP contribution in [0.5, 0.6) is 5.75 Å². The third kappa shape index (κ3) is 8.88. The number of cyclic esters (lactones) is 1. The van der Waals surface area contributed by atoms with Crippen molar-refractivity contribution in [3.8, 4) is 28.1 Å². The summed E-state index contributed by atoms with van der Waals surface area (Å²) in [4.78, 5) is 60.3. The maximum Gasteiger partial charge on any atom is 0.324 e. The van der Waals surface area contributed by atoms with Crippen molar-refractivity contribution in [3.05, 3.63) is 71.5 Å². The minimum atomic E-state index is -1.16. The van der Waals surface area contributed by atoms with Crippen molar-refractivity contribution < 1.29 is 38.9 Å². The number of carbonyl (C=O) groups excluding carboxylic acids is 4. The molecule has 3 atom stereocenters. The van der Waals surface area contributed by atoms with E-state index in [0.717, 1.165) is 38.9 Å². The van der Waals surface area contributed by atoms with Gasteiger partial charge in [0.25, 0.3) is 5.91 Å². The lowest BCUT2D eigenvalue weighted by Gasteiger charge is -2.36. The van der Waals surface area contributed by atoms with E-state index in [2.05, 4.69) is 53.2 Å². The van der Waals surface area contributed by atoms with Crippen LogP contribution in [0.25, 0.3) is 33.3 Å². The monoisotopic (exact) mass is 796 g/mol. The number of methoxy groups -OCH3 is 1. The fraction of sp³-hybridized carbons (Fsp3) is 0.477. The molecule has 14 heteroatoms. The number of esters is 1. The molecule has 0 unspecified atom stereocenters. The first kappa shape index (κ1) is 42.3. The largest absolute Gasteiger partial charge is 0.508 e. The topological polar surface area (TPSA) is 176 Å². The third-order valence-corrected chi connectivity index (χ3v) is 11.2. The molecule has 14 nitrogen and oxygen atoms in total. The van der Waals surface area contributed by atoms with E-state index < -0.39 is 53.8 Å². The summed E-state index contributed by atoms with van der Waals surface area (Å²) in [7, 11) is 3.11. The zero-order valence-electron chi connectivity index (χ0n) is 34.5. The number of aryl methyl sites for hydroxylation is 1. The molecule has 4 aromatic rings. The van der Waals surface area contributed by atoms with Crippen molar-refractivity contribution in [3.63, 3.8) is 0 Å². The number of aromatic hydroxyl groups is 1. The zero-order valence-corrected chi connectivity index (χ0v) is 34.5. The van der Waals surface area contributed by atoms with Gasteiger partial charge in [0.05, 0.1) is 18.9 Å². The van der Waals surface area contributed by atoms with Gasteiger partial charge in [0.2, 0.25) is 11.8 Å². The van der Waals surface area contributed by atoms with Crippen LogP contribution in [-0.2, 0) is 54.6 Å². The minimum Gasteiger partial charge on any atom is -0.508 e. The number of aromatic nitrogens is 2. The maximum atomic E-state index is 14.4. The number of phenolic OH excluding ortho intramolecular Hbond substituents is 1. The predicted octanol–water partition coefficient (Wildman–Crippen LogP) is 4.37. The van der Waals surface area contributed by atoms with Crippen molar-refractivity contribution in [2.75, 3.05) is 33.9 Å². The van der Waals surface area contributed by atoms with E-state index in [4.69, 9.17) is 9.47 Å². The van der Waals surface area contributed by atoms with Crippen molar-refractivity contribution in [2.45, 2.75) is 91.6 Å². The zero-order chi connectivity index (χ0) is 41.9. The third-order valence-electron chi connectivity index (χ3n) is 11.2. The Morgan fingerprint density at radius 1 is 1.14 bits per heavy atom. The second kappa shape index (κ2) is 17.7. The number of nitrogens with zero attached hydrogens (tertiary/aromatic N) is 4. The highest BCUT2D eigenvalue weighted by molar-refractivity contribution is 5.96. The Morgan fingerprint density at radius 3 is 2.62 bits per heavy atom. The van der Waals surface area contributed by atoms with Crippen LogP contribution >= 0.6 is 0 Å². The fourth-order valence-electron chi connectivity index (χ4n) is 8.38. The quantitative estimate of drug-likeness (QED) is 0.178. The molecule has 2 aromatic carbocycles. The number of ether oxygens (including phenoxy) is 2. The molecule has 0 saturated carbocycles. The van der Waals surface area contributed by atoms with Gasteiger partial charge < -0.3 is 34.5 Å². The molecule has 6 bridgehead atoms. The standard InChI is InChI=1S/C44H56N6O8/c1-8-49-37-12-11-28-20-32(37)33(40(49)34-22-45-14-13-29(34)24-57-7)21-44(4,5)25-58-43(56)35-10-9-15-50(47-35)42(55)36(18-27-16-30(28)19-31(52)17-27)46-41(54)39(26(2)3)48(6)38(53)23-51/h11-14,16-17,19-20,22,26,35-36,39,47,51-52H,8-10,15,18,21,23-25H2,1-7H3,(H,46,54)/t35-,36-,39-/m0/s1. The number of benzene rings is 2. The molecule has 2 aromatic heterocycles.